The van der Waals surface area contributed by atoms with Gasteiger partial charge in [0.05, 0.1) is 25.6 Å². The maximum atomic E-state index is 11.6. The fourth-order valence-corrected chi connectivity index (χ4v) is 2.22. The van der Waals surface area contributed by atoms with Gasteiger partial charge in [0.15, 0.2) is 17.2 Å². The molecule has 0 saturated carbocycles. The van der Waals surface area contributed by atoms with Crippen molar-refractivity contribution in [1.29, 1.82) is 0 Å². The molecule has 113 valence electrons. The summed E-state index contributed by atoms with van der Waals surface area (Å²) in [5, 5.41) is 11.6. The Morgan fingerprint density at radius 1 is 1.27 bits per heavy atom. The Morgan fingerprint density at radius 3 is 2.91 bits per heavy atom. The van der Waals surface area contributed by atoms with Crippen molar-refractivity contribution in [2.45, 2.75) is 26.2 Å². The fourth-order valence-electron chi connectivity index (χ4n) is 2.22. The summed E-state index contributed by atoms with van der Waals surface area (Å²) in [6, 6.07) is 6.85. The Bertz CT molecular complexity index is 786. The highest BCUT2D eigenvalue weighted by Crippen LogP contribution is 2.19. The topological polar surface area (TPSA) is 98.8 Å². The summed E-state index contributed by atoms with van der Waals surface area (Å²) < 4.78 is 7.60. The van der Waals surface area contributed by atoms with Crippen molar-refractivity contribution in [2.75, 3.05) is 5.73 Å². The molecule has 0 spiro atoms. The van der Waals surface area contributed by atoms with Gasteiger partial charge in [-0.15, -0.1) is 0 Å². The first-order valence-corrected chi connectivity index (χ1v) is 6.93. The van der Waals surface area contributed by atoms with E-state index in [2.05, 4.69) is 15.0 Å². The maximum Gasteiger partial charge on any atom is 0.184 e. The lowest BCUT2D eigenvalue weighted by Gasteiger charge is -2.14. The maximum absolute atomic E-state index is 11.6. The third kappa shape index (κ3) is 2.84. The average Bonchev–Trinajstić information content (AvgIpc) is 2.91. The van der Waals surface area contributed by atoms with Crippen molar-refractivity contribution in [1.82, 2.24) is 19.5 Å². The first-order chi connectivity index (χ1) is 10.6. The molecule has 7 nitrogen and oxygen atoms in total. The quantitative estimate of drug-likeness (QED) is 0.778. The van der Waals surface area contributed by atoms with Gasteiger partial charge in [0.2, 0.25) is 0 Å². The van der Waals surface area contributed by atoms with Crippen molar-refractivity contribution in [2.24, 2.45) is 0 Å². The van der Waals surface area contributed by atoms with Crippen LogP contribution in [0.2, 0.25) is 0 Å². The number of benzene rings is 1. The molecule has 1 aromatic carbocycles. The predicted molar refractivity (Wildman–Crippen MR) is 80.6 cm³/mol. The first kappa shape index (κ1) is 14.3. The van der Waals surface area contributed by atoms with E-state index in [1.54, 1.807) is 18.5 Å². The van der Waals surface area contributed by atoms with Crippen LogP contribution in [0.5, 0.6) is 5.75 Å². The average molecular weight is 298 g/mol. The third-order valence-corrected chi connectivity index (χ3v) is 3.38. The Morgan fingerprint density at radius 2 is 2.09 bits per heavy atom. The molecule has 2 heterocycles. The number of rotatable bonds is 5. The molecule has 0 aliphatic heterocycles. The number of nitrogens with zero attached hydrogens (tertiary/aromatic N) is 4. The SMILES string of the molecule is CC(Cn1cnc2c(N)ncnc21)OCc1ccccc1[O]. The minimum Gasteiger partial charge on any atom is -0.382 e. The van der Waals surface area contributed by atoms with Crippen molar-refractivity contribution >= 4 is 17.0 Å². The van der Waals surface area contributed by atoms with Crippen molar-refractivity contribution < 1.29 is 9.84 Å². The van der Waals surface area contributed by atoms with Crippen LogP contribution in [0.1, 0.15) is 12.5 Å². The highest BCUT2D eigenvalue weighted by Gasteiger charge is 2.11. The number of nitrogens with two attached hydrogens (primary N) is 1. The number of nitrogen functional groups attached to an aromatic ring is 1. The van der Waals surface area contributed by atoms with E-state index in [9.17, 15) is 5.11 Å². The van der Waals surface area contributed by atoms with Crippen LogP contribution in [0.3, 0.4) is 0 Å². The van der Waals surface area contributed by atoms with E-state index in [0.717, 1.165) is 0 Å². The highest BCUT2D eigenvalue weighted by molar-refractivity contribution is 5.81. The number of hydrogen-bond donors (Lipinski definition) is 1. The summed E-state index contributed by atoms with van der Waals surface area (Å²) in [6.07, 6.45) is 2.97. The van der Waals surface area contributed by atoms with Crippen LogP contribution in [0, 0.1) is 0 Å². The van der Waals surface area contributed by atoms with Crippen LogP contribution in [-0.4, -0.2) is 25.6 Å². The molecule has 2 aromatic heterocycles. The molecule has 1 unspecified atom stereocenters. The molecule has 0 saturated heterocycles. The number of hydrogen-bond acceptors (Lipinski definition) is 5. The van der Waals surface area contributed by atoms with E-state index in [1.165, 1.54) is 12.4 Å². The summed E-state index contributed by atoms with van der Waals surface area (Å²) in [5.74, 6) is 0.348. The largest absolute Gasteiger partial charge is 0.382 e. The summed E-state index contributed by atoms with van der Waals surface area (Å²) >= 11 is 0. The van der Waals surface area contributed by atoms with Gasteiger partial charge in [0.25, 0.3) is 0 Å². The second kappa shape index (κ2) is 5.98. The number of ether oxygens (including phenoxy) is 1. The molecule has 0 aliphatic rings. The van der Waals surface area contributed by atoms with Crippen molar-refractivity contribution in [3.05, 3.63) is 42.5 Å². The standard InChI is InChI=1S/C15H16N5O2/c1-10(22-7-11-4-2-3-5-12(11)21)6-20-9-19-13-14(16)17-8-18-15(13)20/h2-5,8-10H,6-7H2,1H3,(H2,16,17,18). The molecule has 0 bridgehead atoms. The van der Waals surface area contributed by atoms with Crippen molar-refractivity contribution in [3.63, 3.8) is 0 Å². The molecule has 0 aliphatic carbocycles. The van der Waals surface area contributed by atoms with Gasteiger partial charge in [0, 0.05) is 5.56 Å². The molecule has 1 radical (unpaired) electrons. The Labute approximate surface area is 127 Å². The Balaban J connectivity index is 1.67. The van der Waals surface area contributed by atoms with E-state index < -0.39 is 0 Å². The normalized spacial score (nSPS) is 12.6. The zero-order valence-corrected chi connectivity index (χ0v) is 12.1. The number of aromatic nitrogens is 4. The van der Waals surface area contributed by atoms with E-state index in [-0.39, 0.29) is 18.5 Å². The van der Waals surface area contributed by atoms with Crippen LogP contribution >= 0.6 is 0 Å². The highest BCUT2D eigenvalue weighted by atomic mass is 16.5. The third-order valence-electron chi connectivity index (χ3n) is 3.38. The van der Waals surface area contributed by atoms with Crippen LogP contribution in [0.4, 0.5) is 5.82 Å². The molecule has 3 rings (SSSR count). The van der Waals surface area contributed by atoms with E-state index in [0.29, 0.717) is 29.1 Å². The van der Waals surface area contributed by atoms with E-state index in [4.69, 9.17) is 10.5 Å². The number of anilines is 1. The first-order valence-electron chi connectivity index (χ1n) is 6.93. The molecule has 3 aromatic rings. The number of para-hydroxylation sites is 1. The van der Waals surface area contributed by atoms with Crippen LogP contribution in [0.25, 0.3) is 11.2 Å². The summed E-state index contributed by atoms with van der Waals surface area (Å²) in [6.45, 7) is 2.78. The fraction of sp³-hybridized carbons (Fsp3) is 0.267. The molecule has 7 heteroatoms. The molecular weight excluding hydrogens is 282 g/mol. The summed E-state index contributed by atoms with van der Waals surface area (Å²) in [4.78, 5) is 12.3. The Kier molecular flexibility index (Phi) is 3.88. The monoisotopic (exact) mass is 298 g/mol. The van der Waals surface area contributed by atoms with E-state index >= 15 is 0 Å². The van der Waals surface area contributed by atoms with Gasteiger partial charge in [-0.1, -0.05) is 18.2 Å². The van der Waals surface area contributed by atoms with Gasteiger partial charge in [0.1, 0.15) is 11.8 Å². The molecular formula is C15H16N5O2. The van der Waals surface area contributed by atoms with Gasteiger partial charge in [-0.25, -0.2) is 15.0 Å². The Hall–Kier alpha value is -2.67. The lowest BCUT2D eigenvalue weighted by molar-refractivity contribution is 0.0409. The molecule has 0 fully saturated rings. The van der Waals surface area contributed by atoms with Gasteiger partial charge in [-0.05, 0) is 13.0 Å². The minimum atomic E-state index is -0.104. The lowest BCUT2D eigenvalue weighted by Crippen LogP contribution is -2.16. The lowest BCUT2D eigenvalue weighted by atomic mass is 10.2. The molecule has 0 amide bonds. The van der Waals surface area contributed by atoms with Gasteiger partial charge >= 0.3 is 0 Å². The molecule has 1 atom stereocenters. The smallest absolute Gasteiger partial charge is 0.184 e. The second-order valence-corrected chi connectivity index (χ2v) is 5.06. The number of fused-ring (bicyclic) bond motifs is 1. The zero-order valence-electron chi connectivity index (χ0n) is 12.1. The zero-order chi connectivity index (χ0) is 15.5. The van der Waals surface area contributed by atoms with Gasteiger partial charge in [-0.3, -0.25) is 5.11 Å². The van der Waals surface area contributed by atoms with Crippen LogP contribution < -0.4 is 5.73 Å². The number of imidazole rings is 1. The summed E-state index contributed by atoms with van der Waals surface area (Å²) in [5.41, 5.74) is 7.66. The second-order valence-electron chi connectivity index (χ2n) is 5.06. The molecule has 2 N–H and O–H groups in total. The van der Waals surface area contributed by atoms with Gasteiger partial charge in [-0.2, -0.15) is 0 Å². The predicted octanol–water partition coefficient (Wildman–Crippen LogP) is 2.16. The van der Waals surface area contributed by atoms with E-state index in [1.807, 2.05) is 17.6 Å². The molecule has 22 heavy (non-hydrogen) atoms. The summed E-state index contributed by atoms with van der Waals surface area (Å²) in [7, 11) is 0. The van der Waals surface area contributed by atoms with Crippen molar-refractivity contribution in [3.8, 4) is 5.75 Å². The van der Waals surface area contributed by atoms with Gasteiger partial charge < -0.3 is 15.0 Å². The van der Waals surface area contributed by atoms with Crippen LogP contribution in [-0.2, 0) is 23.0 Å². The van der Waals surface area contributed by atoms with Crippen LogP contribution in [0.15, 0.2) is 36.9 Å². The minimum absolute atomic E-state index is 0.0108.